The first kappa shape index (κ1) is 26.4. The number of hydrogen-bond donors (Lipinski definition) is 0. The summed E-state index contributed by atoms with van der Waals surface area (Å²) >= 11 is 1.55. The number of likely N-dealkylation sites (tertiary alicyclic amines) is 2. The predicted molar refractivity (Wildman–Crippen MR) is 151 cm³/mol. The van der Waals surface area contributed by atoms with Crippen molar-refractivity contribution in [2.24, 2.45) is 0 Å². The first-order valence-corrected chi connectivity index (χ1v) is 14.7. The summed E-state index contributed by atoms with van der Waals surface area (Å²) in [7, 11) is 1.71. The summed E-state index contributed by atoms with van der Waals surface area (Å²) in [6.45, 7) is 6.38. The average Bonchev–Trinajstić information content (AvgIpc) is 3.64. The van der Waals surface area contributed by atoms with Crippen LogP contribution >= 0.6 is 11.3 Å². The molecule has 0 N–H and O–H groups in total. The van der Waals surface area contributed by atoms with E-state index in [1.165, 1.54) is 5.56 Å². The molecule has 6 rings (SSSR count). The number of benzene rings is 1. The number of aromatic nitrogens is 5. The van der Waals surface area contributed by atoms with E-state index in [4.69, 9.17) is 9.72 Å². The van der Waals surface area contributed by atoms with Crippen molar-refractivity contribution in [3.8, 4) is 5.75 Å². The van der Waals surface area contributed by atoms with Gasteiger partial charge in [0.1, 0.15) is 11.4 Å². The molecule has 0 unspecified atom stereocenters. The fourth-order valence-corrected chi connectivity index (χ4v) is 6.85. The van der Waals surface area contributed by atoms with E-state index in [0.717, 1.165) is 42.1 Å². The fraction of sp³-hybridized carbons (Fsp3) is 0.448. The molecule has 208 valence electrons. The van der Waals surface area contributed by atoms with Crippen LogP contribution < -0.4 is 4.74 Å². The van der Waals surface area contributed by atoms with Gasteiger partial charge in [-0.1, -0.05) is 18.2 Å². The maximum Gasteiger partial charge on any atom is 0.276 e. The quantitative estimate of drug-likeness (QED) is 0.360. The number of carbonyl (C=O) groups is 2. The van der Waals surface area contributed by atoms with E-state index in [1.54, 1.807) is 23.0 Å². The lowest BCUT2D eigenvalue weighted by atomic mass is 9.88. The third-order valence-corrected chi connectivity index (χ3v) is 9.17. The Balaban J connectivity index is 1.05. The second kappa shape index (κ2) is 11.0. The highest BCUT2D eigenvalue weighted by Gasteiger charge is 2.31. The molecule has 0 bridgehead atoms. The summed E-state index contributed by atoms with van der Waals surface area (Å²) in [4.78, 5) is 35.0. The van der Waals surface area contributed by atoms with Crippen LogP contribution in [0.3, 0.4) is 0 Å². The number of aryl methyl sites for hydroxylation is 2. The number of methoxy groups -OCH3 is 1. The second-order valence-electron chi connectivity index (χ2n) is 10.6. The van der Waals surface area contributed by atoms with E-state index in [2.05, 4.69) is 21.4 Å². The molecule has 0 aliphatic carbocycles. The maximum absolute atomic E-state index is 13.3. The van der Waals surface area contributed by atoms with E-state index in [0.29, 0.717) is 54.8 Å². The van der Waals surface area contributed by atoms with Gasteiger partial charge < -0.3 is 14.5 Å². The van der Waals surface area contributed by atoms with Crippen LogP contribution in [-0.4, -0.2) is 79.7 Å². The Morgan fingerprint density at radius 1 is 0.925 bits per heavy atom. The van der Waals surface area contributed by atoms with Crippen LogP contribution in [-0.2, 0) is 0 Å². The maximum atomic E-state index is 13.3. The number of fused-ring (bicyclic) bond motifs is 1. The van der Waals surface area contributed by atoms with Crippen molar-refractivity contribution in [3.05, 3.63) is 69.1 Å². The molecule has 11 heteroatoms. The van der Waals surface area contributed by atoms with Gasteiger partial charge in [-0.3, -0.25) is 9.59 Å². The standard InChI is InChI=1S/C29H33N7O3S/c1-18-16-25-31-32-26(19(2)36(25)33-18)29(38)35-14-10-21(11-15-35)27-30-23(17-40-27)28(37)34-12-8-20(9-13-34)22-6-4-5-7-24(22)39-3/h4-7,16-17,20-21H,8-15H2,1-3H3. The van der Waals surface area contributed by atoms with Gasteiger partial charge in [-0.05, 0) is 57.1 Å². The first-order chi connectivity index (χ1) is 19.4. The Morgan fingerprint density at radius 3 is 2.33 bits per heavy atom. The Labute approximate surface area is 237 Å². The van der Waals surface area contributed by atoms with Gasteiger partial charge in [0.15, 0.2) is 11.3 Å². The fourth-order valence-electron chi connectivity index (χ4n) is 5.89. The SMILES string of the molecule is COc1ccccc1C1CCN(C(=O)c2csc(C3CCN(C(=O)c4nnc5cc(C)nn5c4C)CC3)n2)CC1. The number of piperidine rings is 2. The van der Waals surface area contributed by atoms with Crippen LogP contribution in [0.25, 0.3) is 5.65 Å². The molecule has 4 aromatic rings. The highest BCUT2D eigenvalue weighted by Crippen LogP contribution is 2.35. The minimum Gasteiger partial charge on any atom is -0.496 e. The minimum atomic E-state index is -0.120. The van der Waals surface area contributed by atoms with Gasteiger partial charge in [0.2, 0.25) is 0 Å². The molecule has 1 aromatic carbocycles. The van der Waals surface area contributed by atoms with E-state index in [1.807, 2.05) is 53.3 Å². The van der Waals surface area contributed by atoms with Crippen molar-refractivity contribution in [2.45, 2.75) is 51.4 Å². The van der Waals surface area contributed by atoms with Gasteiger partial charge >= 0.3 is 0 Å². The highest BCUT2D eigenvalue weighted by atomic mass is 32.1. The number of amides is 2. The molecule has 0 saturated carbocycles. The number of ether oxygens (including phenoxy) is 1. The van der Waals surface area contributed by atoms with E-state index in [-0.39, 0.29) is 17.7 Å². The lowest BCUT2D eigenvalue weighted by molar-refractivity contribution is 0.0702. The molecule has 10 nitrogen and oxygen atoms in total. The summed E-state index contributed by atoms with van der Waals surface area (Å²) in [6.07, 6.45) is 3.42. The zero-order valence-electron chi connectivity index (χ0n) is 23.0. The summed E-state index contributed by atoms with van der Waals surface area (Å²) in [5, 5.41) is 15.7. The molecule has 2 saturated heterocycles. The van der Waals surface area contributed by atoms with Gasteiger partial charge in [0.05, 0.1) is 23.5 Å². The van der Waals surface area contributed by atoms with Crippen molar-refractivity contribution in [2.75, 3.05) is 33.3 Å². The van der Waals surface area contributed by atoms with Crippen molar-refractivity contribution in [1.29, 1.82) is 0 Å². The number of carbonyl (C=O) groups excluding carboxylic acids is 2. The molecular formula is C29H33N7O3S. The van der Waals surface area contributed by atoms with Crippen LogP contribution in [0.4, 0.5) is 0 Å². The predicted octanol–water partition coefficient (Wildman–Crippen LogP) is 4.25. The largest absolute Gasteiger partial charge is 0.496 e. The Hall–Kier alpha value is -3.86. The van der Waals surface area contributed by atoms with Gasteiger partial charge in [-0.15, -0.1) is 21.5 Å². The minimum absolute atomic E-state index is 0.00638. The number of thiazole rings is 1. The lowest BCUT2D eigenvalue weighted by Gasteiger charge is -2.32. The first-order valence-electron chi connectivity index (χ1n) is 13.8. The molecule has 0 spiro atoms. The summed E-state index contributed by atoms with van der Waals surface area (Å²) in [5.74, 6) is 1.42. The zero-order chi connectivity index (χ0) is 27.8. The van der Waals surface area contributed by atoms with Gasteiger partial charge in [-0.25, -0.2) is 9.50 Å². The van der Waals surface area contributed by atoms with E-state index < -0.39 is 0 Å². The molecule has 0 atom stereocenters. The van der Waals surface area contributed by atoms with Crippen LogP contribution in [0.2, 0.25) is 0 Å². The van der Waals surface area contributed by atoms with Crippen molar-refractivity contribution >= 4 is 28.8 Å². The van der Waals surface area contributed by atoms with Crippen LogP contribution in [0.1, 0.15) is 80.5 Å². The van der Waals surface area contributed by atoms with Crippen LogP contribution in [0.15, 0.2) is 35.7 Å². The van der Waals surface area contributed by atoms with Crippen molar-refractivity contribution in [3.63, 3.8) is 0 Å². The molecule has 40 heavy (non-hydrogen) atoms. The second-order valence-corrected chi connectivity index (χ2v) is 11.5. The molecule has 2 fully saturated rings. The normalized spacial score (nSPS) is 17.0. The molecule has 2 amide bonds. The Morgan fingerprint density at radius 2 is 1.60 bits per heavy atom. The van der Waals surface area contributed by atoms with Crippen molar-refractivity contribution < 1.29 is 14.3 Å². The third-order valence-electron chi connectivity index (χ3n) is 8.16. The molecule has 2 aliphatic heterocycles. The third kappa shape index (κ3) is 4.94. The average molecular weight is 560 g/mol. The number of rotatable bonds is 5. The van der Waals surface area contributed by atoms with Crippen molar-refractivity contribution in [1.82, 2.24) is 34.6 Å². The smallest absolute Gasteiger partial charge is 0.276 e. The molecule has 0 radical (unpaired) electrons. The summed E-state index contributed by atoms with van der Waals surface area (Å²) < 4.78 is 7.22. The number of hydrogen-bond acceptors (Lipinski definition) is 8. The monoisotopic (exact) mass is 559 g/mol. The molecule has 3 aromatic heterocycles. The van der Waals surface area contributed by atoms with Crippen LogP contribution in [0, 0.1) is 13.8 Å². The summed E-state index contributed by atoms with van der Waals surface area (Å²) in [5.41, 5.74) is 4.26. The lowest BCUT2D eigenvalue weighted by Crippen LogP contribution is -2.39. The van der Waals surface area contributed by atoms with Gasteiger partial charge in [0.25, 0.3) is 11.8 Å². The zero-order valence-corrected chi connectivity index (χ0v) is 23.9. The topological polar surface area (TPSA) is 106 Å². The molecule has 5 heterocycles. The number of nitrogens with zero attached hydrogens (tertiary/aromatic N) is 7. The number of para-hydroxylation sites is 1. The van der Waals surface area contributed by atoms with Gasteiger partial charge in [-0.2, -0.15) is 5.10 Å². The molecule has 2 aliphatic rings. The Kier molecular flexibility index (Phi) is 7.22. The van der Waals surface area contributed by atoms with E-state index >= 15 is 0 Å². The van der Waals surface area contributed by atoms with Crippen LogP contribution in [0.5, 0.6) is 5.75 Å². The Bertz CT molecular complexity index is 1550. The highest BCUT2D eigenvalue weighted by molar-refractivity contribution is 7.09. The van der Waals surface area contributed by atoms with Gasteiger partial charge in [0, 0.05) is 43.5 Å². The summed E-state index contributed by atoms with van der Waals surface area (Å²) in [6, 6.07) is 10.00. The van der Waals surface area contributed by atoms with E-state index in [9.17, 15) is 9.59 Å². The molecular weight excluding hydrogens is 526 g/mol.